The van der Waals surface area contributed by atoms with Crippen LogP contribution >= 0.6 is 0 Å². The lowest BCUT2D eigenvalue weighted by Gasteiger charge is -2.21. The van der Waals surface area contributed by atoms with Crippen molar-refractivity contribution in [1.29, 1.82) is 0 Å². The van der Waals surface area contributed by atoms with Gasteiger partial charge >= 0.3 is 0 Å². The molecule has 3 atom stereocenters. The molecule has 22 heavy (non-hydrogen) atoms. The van der Waals surface area contributed by atoms with E-state index in [1.807, 2.05) is 24.3 Å². The molecule has 0 saturated heterocycles. The Hall–Kier alpha value is -1.84. The minimum absolute atomic E-state index is 0.0623. The minimum Gasteiger partial charge on any atom is -0.497 e. The second-order valence-corrected chi connectivity index (χ2v) is 6.59. The Bertz CT molecular complexity index is 565. The highest BCUT2D eigenvalue weighted by atomic mass is 16.5. The standard InChI is InChI=1S/C18H24N2O2/c1-12(17-10-14-3-6-15(17)9-14)19-20-18(21)11-13-4-7-16(22-2)8-5-13/h4-5,7-8,14-15,17H,3,6,9-11H2,1-2H3,(H,20,21)/b19-12-/t14-,15-,17+/m0/s1. The van der Waals surface area contributed by atoms with E-state index < -0.39 is 0 Å². The molecule has 4 heteroatoms. The number of hydrogen-bond acceptors (Lipinski definition) is 3. The van der Waals surface area contributed by atoms with E-state index >= 15 is 0 Å². The van der Waals surface area contributed by atoms with Crippen LogP contribution in [0.2, 0.25) is 0 Å². The first-order valence-electron chi connectivity index (χ1n) is 8.11. The summed E-state index contributed by atoms with van der Waals surface area (Å²) in [7, 11) is 1.63. The average molecular weight is 300 g/mol. The molecule has 1 aromatic carbocycles. The van der Waals surface area contributed by atoms with E-state index in [1.54, 1.807) is 7.11 Å². The molecule has 2 fully saturated rings. The molecule has 3 rings (SSSR count). The maximum Gasteiger partial charge on any atom is 0.244 e. The number of methoxy groups -OCH3 is 1. The van der Waals surface area contributed by atoms with Crippen LogP contribution in [0.4, 0.5) is 0 Å². The Balaban J connectivity index is 1.51. The first kappa shape index (κ1) is 15.1. The summed E-state index contributed by atoms with van der Waals surface area (Å²) in [5, 5.41) is 4.35. The lowest BCUT2D eigenvalue weighted by molar-refractivity contribution is -0.120. The van der Waals surface area contributed by atoms with Crippen LogP contribution in [0.25, 0.3) is 0 Å². The minimum atomic E-state index is -0.0623. The van der Waals surface area contributed by atoms with Crippen molar-refractivity contribution in [2.45, 2.75) is 39.0 Å². The van der Waals surface area contributed by atoms with Crippen LogP contribution in [-0.2, 0) is 11.2 Å². The predicted octanol–water partition coefficient (Wildman–Crippen LogP) is 3.17. The van der Waals surface area contributed by atoms with Gasteiger partial charge in [0.2, 0.25) is 5.91 Å². The molecule has 1 N–H and O–H groups in total. The van der Waals surface area contributed by atoms with Crippen LogP contribution < -0.4 is 10.2 Å². The molecule has 118 valence electrons. The summed E-state index contributed by atoms with van der Waals surface area (Å²) in [6.07, 6.45) is 5.68. The summed E-state index contributed by atoms with van der Waals surface area (Å²) in [6.45, 7) is 2.05. The van der Waals surface area contributed by atoms with Gasteiger partial charge in [-0.25, -0.2) is 5.43 Å². The van der Waals surface area contributed by atoms with Crippen molar-refractivity contribution in [1.82, 2.24) is 5.43 Å². The number of rotatable bonds is 5. The number of nitrogens with one attached hydrogen (secondary N) is 1. The molecule has 0 aliphatic heterocycles. The van der Waals surface area contributed by atoms with Crippen LogP contribution in [-0.4, -0.2) is 18.7 Å². The van der Waals surface area contributed by atoms with E-state index in [0.29, 0.717) is 12.3 Å². The second kappa shape index (κ2) is 6.51. The molecule has 2 aliphatic carbocycles. The quantitative estimate of drug-likeness (QED) is 0.671. The van der Waals surface area contributed by atoms with Gasteiger partial charge in [0, 0.05) is 11.6 Å². The van der Waals surface area contributed by atoms with Crippen molar-refractivity contribution in [3.05, 3.63) is 29.8 Å². The molecular weight excluding hydrogens is 276 g/mol. The Morgan fingerprint density at radius 3 is 2.64 bits per heavy atom. The van der Waals surface area contributed by atoms with Crippen molar-refractivity contribution >= 4 is 11.6 Å². The van der Waals surface area contributed by atoms with E-state index in [-0.39, 0.29) is 5.91 Å². The van der Waals surface area contributed by atoms with Gasteiger partial charge in [-0.05, 0) is 55.7 Å². The van der Waals surface area contributed by atoms with E-state index in [1.165, 1.54) is 25.7 Å². The lowest BCUT2D eigenvalue weighted by atomic mass is 9.86. The van der Waals surface area contributed by atoms with Gasteiger partial charge in [-0.2, -0.15) is 5.10 Å². The Kier molecular flexibility index (Phi) is 4.46. The summed E-state index contributed by atoms with van der Waals surface area (Å²) >= 11 is 0. The van der Waals surface area contributed by atoms with Crippen molar-refractivity contribution in [3.8, 4) is 5.75 Å². The number of hydrogen-bond donors (Lipinski definition) is 1. The topological polar surface area (TPSA) is 50.7 Å². The number of amides is 1. The first-order chi connectivity index (χ1) is 10.7. The van der Waals surface area contributed by atoms with Gasteiger partial charge in [-0.15, -0.1) is 0 Å². The number of hydrazone groups is 1. The molecule has 1 aromatic rings. The van der Waals surface area contributed by atoms with Crippen molar-refractivity contribution in [2.24, 2.45) is 22.9 Å². The molecule has 0 aromatic heterocycles. The first-order valence-corrected chi connectivity index (χ1v) is 8.11. The maximum atomic E-state index is 12.0. The lowest BCUT2D eigenvalue weighted by Crippen LogP contribution is -2.25. The molecule has 2 bridgehead atoms. The molecule has 4 nitrogen and oxygen atoms in total. The summed E-state index contributed by atoms with van der Waals surface area (Å²) in [5.74, 6) is 3.02. The van der Waals surface area contributed by atoms with Gasteiger partial charge in [0.25, 0.3) is 0 Å². The van der Waals surface area contributed by atoms with Gasteiger partial charge in [-0.3, -0.25) is 4.79 Å². The highest BCUT2D eigenvalue weighted by Crippen LogP contribution is 2.48. The summed E-state index contributed by atoms with van der Waals surface area (Å²) in [4.78, 5) is 12.0. The molecule has 0 radical (unpaired) electrons. The van der Waals surface area contributed by atoms with Crippen LogP contribution in [0.1, 0.15) is 38.2 Å². The fraction of sp³-hybridized carbons (Fsp3) is 0.556. The summed E-state index contributed by atoms with van der Waals surface area (Å²) < 4.78 is 5.11. The Labute approximate surface area is 131 Å². The molecule has 0 heterocycles. The number of fused-ring (bicyclic) bond motifs is 2. The van der Waals surface area contributed by atoms with Crippen molar-refractivity contribution in [2.75, 3.05) is 7.11 Å². The van der Waals surface area contributed by atoms with E-state index in [2.05, 4.69) is 17.5 Å². The third-order valence-corrected chi connectivity index (χ3v) is 5.16. The highest BCUT2D eigenvalue weighted by molar-refractivity contribution is 5.87. The fourth-order valence-corrected chi connectivity index (χ4v) is 3.96. The number of carbonyl (C=O) groups is 1. The van der Waals surface area contributed by atoms with Gasteiger partial charge in [-0.1, -0.05) is 18.6 Å². The Morgan fingerprint density at radius 1 is 1.27 bits per heavy atom. The number of benzene rings is 1. The second-order valence-electron chi connectivity index (χ2n) is 6.59. The van der Waals surface area contributed by atoms with Gasteiger partial charge in [0.05, 0.1) is 13.5 Å². The molecule has 0 spiro atoms. The smallest absolute Gasteiger partial charge is 0.244 e. The zero-order valence-electron chi connectivity index (χ0n) is 13.3. The van der Waals surface area contributed by atoms with Crippen LogP contribution in [0.5, 0.6) is 5.75 Å². The molecule has 1 amide bonds. The van der Waals surface area contributed by atoms with E-state index in [4.69, 9.17) is 4.74 Å². The molecule has 2 aliphatic rings. The predicted molar refractivity (Wildman–Crippen MR) is 86.9 cm³/mol. The van der Waals surface area contributed by atoms with Crippen molar-refractivity contribution in [3.63, 3.8) is 0 Å². The van der Waals surface area contributed by atoms with E-state index in [9.17, 15) is 4.79 Å². The fourth-order valence-electron chi connectivity index (χ4n) is 3.96. The Morgan fingerprint density at radius 2 is 2.05 bits per heavy atom. The molecular formula is C18H24N2O2. The van der Waals surface area contributed by atoms with E-state index in [0.717, 1.165) is 28.9 Å². The monoisotopic (exact) mass is 300 g/mol. The van der Waals surface area contributed by atoms with Crippen molar-refractivity contribution < 1.29 is 9.53 Å². The number of carbonyl (C=O) groups excluding carboxylic acids is 1. The third-order valence-electron chi connectivity index (χ3n) is 5.16. The molecule has 0 unspecified atom stereocenters. The zero-order valence-corrected chi connectivity index (χ0v) is 13.3. The SMILES string of the molecule is COc1ccc(CC(=O)N/N=C(/C)[C@H]2C[C@H]3CC[C@H]2C3)cc1. The number of nitrogens with zero attached hydrogens (tertiary/aromatic N) is 1. The largest absolute Gasteiger partial charge is 0.497 e. The average Bonchev–Trinajstić information content (AvgIpc) is 3.16. The molecule has 2 saturated carbocycles. The summed E-state index contributed by atoms with van der Waals surface area (Å²) in [5.41, 5.74) is 4.77. The zero-order chi connectivity index (χ0) is 15.5. The van der Waals surface area contributed by atoms with Crippen LogP contribution in [0.3, 0.4) is 0 Å². The van der Waals surface area contributed by atoms with Gasteiger partial charge < -0.3 is 4.74 Å². The normalized spacial score (nSPS) is 27.0. The van der Waals surface area contributed by atoms with Crippen LogP contribution in [0.15, 0.2) is 29.4 Å². The van der Waals surface area contributed by atoms with Gasteiger partial charge in [0.15, 0.2) is 0 Å². The number of ether oxygens (including phenoxy) is 1. The highest BCUT2D eigenvalue weighted by Gasteiger charge is 2.40. The maximum absolute atomic E-state index is 12.0. The van der Waals surface area contributed by atoms with Crippen LogP contribution in [0, 0.1) is 17.8 Å². The summed E-state index contributed by atoms with van der Waals surface area (Å²) in [6, 6.07) is 7.55. The van der Waals surface area contributed by atoms with Gasteiger partial charge in [0.1, 0.15) is 5.75 Å². The third kappa shape index (κ3) is 3.32.